The molecule has 1 aliphatic heterocycles. The van der Waals surface area contributed by atoms with Gasteiger partial charge < -0.3 is 15.2 Å². The Morgan fingerprint density at radius 2 is 1.93 bits per heavy atom. The van der Waals surface area contributed by atoms with Crippen LogP contribution >= 0.6 is 0 Å². The molecular weight excluding hydrogens is 359 g/mol. The lowest BCUT2D eigenvalue weighted by molar-refractivity contribution is 0.0937. The van der Waals surface area contributed by atoms with Gasteiger partial charge in [0.05, 0.1) is 5.69 Å². The molecule has 0 aliphatic carbocycles. The number of hydrogen-bond acceptors (Lipinski definition) is 3. The lowest BCUT2D eigenvalue weighted by atomic mass is 10.1. The van der Waals surface area contributed by atoms with Crippen LogP contribution in [0.4, 0.5) is 4.39 Å². The van der Waals surface area contributed by atoms with Gasteiger partial charge >= 0.3 is 0 Å². The number of carbonyl (C=O) groups is 2. The molecule has 0 saturated heterocycles. The van der Waals surface area contributed by atoms with E-state index in [1.165, 1.54) is 6.07 Å². The van der Waals surface area contributed by atoms with Crippen LogP contribution < -0.4 is 10.6 Å². The van der Waals surface area contributed by atoms with E-state index in [0.717, 1.165) is 37.8 Å². The molecule has 2 N–H and O–H groups in total. The van der Waals surface area contributed by atoms with Gasteiger partial charge in [0.15, 0.2) is 5.82 Å². The number of hydrogen-bond donors (Lipinski definition) is 2. The molecular formula is C21H27FN4O2. The molecule has 2 aromatic rings. The van der Waals surface area contributed by atoms with Gasteiger partial charge in [-0.1, -0.05) is 31.5 Å². The molecule has 1 aromatic carbocycles. The Hall–Kier alpha value is -2.70. The smallest absolute Gasteiger partial charge is 0.287 e. The first-order valence-electron chi connectivity index (χ1n) is 10.0. The van der Waals surface area contributed by atoms with Gasteiger partial charge in [-0.15, -0.1) is 0 Å². The van der Waals surface area contributed by atoms with Gasteiger partial charge in [0, 0.05) is 19.6 Å². The molecule has 0 saturated carbocycles. The number of benzene rings is 1. The van der Waals surface area contributed by atoms with Crippen molar-refractivity contribution >= 4 is 11.8 Å². The highest BCUT2D eigenvalue weighted by Crippen LogP contribution is 2.21. The van der Waals surface area contributed by atoms with Crippen LogP contribution in [0.5, 0.6) is 0 Å². The van der Waals surface area contributed by atoms with Gasteiger partial charge in [0.2, 0.25) is 0 Å². The van der Waals surface area contributed by atoms with Crippen LogP contribution in [-0.2, 0) is 19.4 Å². The highest BCUT2D eigenvalue weighted by Gasteiger charge is 2.27. The lowest BCUT2D eigenvalue weighted by Gasteiger charge is -2.17. The fourth-order valence-corrected chi connectivity index (χ4v) is 3.45. The van der Waals surface area contributed by atoms with Crippen LogP contribution in [-0.4, -0.2) is 34.5 Å². The quantitative estimate of drug-likeness (QED) is 0.685. The maximum absolute atomic E-state index is 13.7. The van der Waals surface area contributed by atoms with Gasteiger partial charge in [-0.3, -0.25) is 9.59 Å². The molecule has 2 heterocycles. The normalized spacial score (nSPS) is 13.1. The van der Waals surface area contributed by atoms with Crippen molar-refractivity contribution in [1.29, 1.82) is 0 Å². The van der Waals surface area contributed by atoms with E-state index in [9.17, 15) is 14.0 Å². The fourth-order valence-electron chi connectivity index (χ4n) is 3.45. The number of aromatic nitrogens is 2. The summed E-state index contributed by atoms with van der Waals surface area (Å²) in [5, 5.41) is 5.69. The summed E-state index contributed by atoms with van der Waals surface area (Å²) >= 11 is 0. The Balaban J connectivity index is 1.69. The first-order chi connectivity index (χ1) is 13.6. The molecule has 0 atom stereocenters. The Bertz CT molecular complexity index is 847. The Morgan fingerprint density at radius 1 is 1.14 bits per heavy atom. The number of carbonyl (C=O) groups excluding carboxylic acids is 2. The van der Waals surface area contributed by atoms with Crippen molar-refractivity contribution in [1.82, 2.24) is 20.2 Å². The maximum Gasteiger partial charge on any atom is 0.287 e. The van der Waals surface area contributed by atoms with Crippen LogP contribution in [0.25, 0.3) is 0 Å². The maximum atomic E-state index is 13.7. The second-order valence-electron chi connectivity index (χ2n) is 7.05. The van der Waals surface area contributed by atoms with Crippen molar-refractivity contribution in [2.45, 2.75) is 52.0 Å². The highest BCUT2D eigenvalue weighted by molar-refractivity contribution is 5.97. The first kappa shape index (κ1) is 20.0. The summed E-state index contributed by atoms with van der Waals surface area (Å²) < 4.78 is 15.6. The zero-order chi connectivity index (χ0) is 19.9. The van der Waals surface area contributed by atoms with E-state index >= 15 is 0 Å². The van der Waals surface area contributed by atoms with Gasteiger partial charge in [-0.25, -0.2) is 9.37 Å². The average Bonchev–Trinajstić information content (AvgIpc) is 3.09. The number of nitrogens with one attached hydrogen (secondary N) is 2. The third-order valence-corrected chi connectivity index (χ3v) is 4.99. The SMILES string of the molecule is CCCCNC(=O)c1nc(C(=O)NCCc2ccccc2F)c2n1CCCC2. The molecule has 1 aromatic heterocycles. The van der Waals surface area contributed by atoms with Crippen LogP contribution in [0.3, 0.4) is 0 Å². The topological polar surface area (TPSA) is 76.0 Å². The standard InChI is InChI=1S/C21H27FN4O2/c1-2-3-12-23-21(28)19-25-18(17-10-6-7-14-26(17)19)20(27)24-13-11-15-8-4-5-9-16(15)22/h4-5,8-9H,2-3,6-7,10-14H2,1H3,(H,23,28)(H,24,27). The van der Waals surface area contributed by atoms with E-state index < -0.39 is 0 Å². The molecule has 0 spiro atoms. The van der Waals surface area contributed by atoms with Crippen LogP contribution in [0, 0.1) is 5.82 Å². The molecule has 28 heavy (non-hydrogen) atoms. The van der Waals surface area contributed by atoms with Gasteiger partial charge in [0.25, 0.3) is 11.8 Å². The predicted octanol–water partition coefficient (Wildman–Crippen LogP) is 2.86. The minimum atomic E-state index is -0.311. The van der Waals surface area contributed by atoms with E-state index in [4.69, 9.17) is 0 Å². The Morgan fingerprint density at radius 3 is 2.71 bits per heavy atom. The predicted molar refractivity (Wildman–Crippen MR) is 105 cm³/mol. The molecule has 6 nitrogen and oxygen atoms in total. The molecule has 0 radical (unpaired) electrons. The summed E-state index contributed by atoms with van der Waals surface area (Å²) in [5.74, 6) is -0.510. The monoisotopic (exact) mass is 386 g/mol. The molecule has 0 bridgehead atoms. The molecule has 2 amide bonds. The summed E-state index contributed by atoms with van der Waals surface area (Å²) in [6.07, 6.45) is 4.97. The summed E-state index contributed by atoms with van der Waals surface area (Å²) in [7, 11) is 0. The summed E-state index contributed by atoms with van der Waals surface area (Å²) in [6, 6.07) is 6.53. The number of fused-ring (bicyclic) bond motifs is 1. The molecule has 0 unspecified atom stereocenters. The number of rotatable bonds is 8. The Labute approximate surface area is 164 Å². The second-order valence-corrected chi connectivity index (χ2v) is 7.05. The van der Waals surface area contributed by atoms with E-state index in [1.807, 2.05) is 4.57 Å². The highest BCUT2D eigenvalue weighted by atomic mass is 19.1. The van der Waals surface area contributed by atoms with Crippen LogP contribution in [0.1, 0.15) is 65.0 Å². The van der Waals surface area contributed by atoms with E-state index in [2.05, 4.69) is 22.5 Å². The van der Waals surface area contributed by atoms with Crippen molar-refractivity contribution in [2.75, 3.05) is 13.1 Å². The van der Waals surface area contributed by atoms with Gasteiger partial charge in [0.1, 0.15) is 11.5 Å². The summed E-state index contributed by atoms with van der Waals surface area (Å²) in [5.41, 5.74) is 1.69. The molecule has 150 valence electrons. The zero-order valence-corrected chi connectivity index (χ0v) is 16.3. The number of nitrogens with zero attached hydrogens (tertiary/aromatic N) is 2. The molecule has 3 rings (SSSR count). The second kappa shape index (κ2) is 9.48. The number of unbranched alkanes of at least 4 members (excludes halogenated alkanes) is 1. The van der Waals surface area contributed by atoms with Crippen molar-refractivity contribution in [3.63, 3.8) is 0 Å². The molecule has 7 heteroatoms. The first-order valence-corrected chi connectivity index (χ1v) is 10.0. The van der Waals surface area contributed by atoms with Gasteiger partial charge in [-0.2, -0.15) is 0 Å². The summed E-state index contributed by atoms with van der Waals surface area (Å²) in [6.45, 7) is 3.67. The van der Waals surface area contributed by atoms with Crippen molar-refractivity contribution < 1.29 is 14.0 Å². The van der Waals surface area contributed by atoms with Crippen molar-refractivity contribution in [3.8, 4) is 0 Å². The lowest BCUT2D eigenvalue weighted by Crippen LogP contribution is -2.28. The van der Waals surface area contributed by atoms with Crippen molar-refractivity contribution in [3.05, 3.63) is 52.9 Å². The van der Waals surface area contributed by atoms with Crippen LogP contribution in [0.15, 0.2) is 24.3 Å². The van der Waals surface area contributed by atoms with E-state index in [0.29, 0.717) is 43.1 Å². The minimum Gasteiger partial charge on any atom is -0.350 e. The molecule has 1 aliphatic rings. The number of amides is 2. The third kappa shape index (κ3) is 4.58. The van der Waals surface area contributed by atoms with E-state index in [-0.39, 0.29) is 17.6 Å². The zero-order valence-electron chi connectivity index (χ0n) is 16.3. The minimum absolute atomic E-state index is 0.234. The van der Waals surface area contributed by atoms with Crippen LogP contribution in [0.2, 0.25) is 0 Å². The van der Waals surface area contributed by atoms with Crippen molar-refractivity contribution in [2.24, 2.45) is 0 Å². The third-order valence-electron chi connectivity index (χ3n) is 4.99. The largest absolute Gasteiger partial charge is 0.350 e. The van der Waals surface area contributed by atoms with Gasteiger partial charge in [-0.05, 0) is 43.7 Å². The summed E-state index contributed by atoms with van der Waals surface area (Å²) in [4.78, 5) is 29.6. The Kier molecular flexibility index (Phi) is 6.79. The fraction of sp³-hybridized carbons (Fsp3) is 0.476. The number of imidazole rings is 1. The average molecular weight is 386 g/mol. The molecule has 0 fully saturated rings. The van der Waals surface area contributed by atoms with E-state index in [1.54, 1.807) is 18.2 Å². The number of halogens is 1.